The number of nitrogens with zero attached hydrogens (tertiary/aromatic N) is 2. The summed E-state index contributed by atoms with van der Waals surface area (Å²) in [5, 5.41) is 4.41. The third kappa shape index (κ3) is 3.57. The van der Waals surface area contributed by atoms with Gasteiger partial charge in [0.05, 0.1) is 11.4 Å². The Bertz CT molecular complexity index is 943. The zero-order chi connectivity index (χ0) is 18.1. The third-order valence-electron chi connectivity index (χ3n) is 4.03. The molecule has 0 aliphatic heterocycles. The highest BCUT2D eigenvalue weighted by atomic mass is 19.1. The molecular formula is C19H17F2N3O. The molecule has 3 aromatic rings. The molecule has 0 bridgehead atoms. The van der Waals surface area contributed by atoms with Crippen molar-refractivity contribution in [2.75, 3.05) is 0 Å². The van der Waals surface area contributed by atoms with Gasteiger partial charge in [0.1, 0.15) is 11.6 Å². The lowest BCUT2D eigenvalue weighted by atomic mass is 10.0. The number of primary amides is 1. The number of nitrogens with two attached hydrogens (primary N) is 1. The molecule has 128 valence electrons. The van der Waals surface area contributed by atoms with Crippen LogP contribution in [0.3, 0.4) is 0 Å². The predicted molar refractivity (Wildman–Crippen MR) is 91.1 cm³/mol. The van der Waals surface area contributed by atoms with Crippen molar-refractivity contribution in [1.29, 1.82) is 0 Å². The molecule has 3 rings (SSSR count). The van der Waals surface area contributed by atoms with Crippen LogP contribution in [-0.4, -0.2) is 15.7 Å². The van der Waals surface area contributed by atoms with Gasteiger partial charge in [-0.25, -0.2) is 8.78 Å². The molecule has 0 unspecified atom stereocenters. The van der Waals surface area contributed by atoms with Gasteiger partial charge in [0.15, 0.2) is 0 Å². The van der Waals surface area contributed by atoms with Crippen LogP contribution in [0.1, 0.15) is 27.2 Å². The Morgan fingerprint density at radius 2 is 1.80 bits per heavy atom. The first kappa shape index (κ1) is 16.8. The summed E-state index contributed by atoms with van der Waals surface area (Å²) >= 11 is 0. The second-order valence-electron chi connectivity index (χ2n) is 5.99. The lowest BCUT2D eigenvalue weighted by molar-refractivity contribution is 0.0999. The standard InChI is InChI=1S/C19H17F2N3O/c1-11-5-13(3-4-17(11)19(22)25)18-10-16(23-24(18)2)8-12-6-14(20)9-15(21)7-12/h3-7,9-10H,8H2,1-2H3,(H2,22,25). The summed E-state index contributed by atoms with van der Waals surface area (Å²) in [6.45, 7) is 1.82. The third-order valence-corrected chi connectivity index (χ3v) is 4.03. The van der Waals surface area contributed by atoms with E-state index in [0.29, 0.717) is 23.2 Å². The molecular weight excluding hydrogens is 324 g/mol. The monoisotopic (exact) mass is 341 g/mol. The molecule has 25 heavy (non-hydrogen) atoms. The number of halogens is 2. The number of aryl methyl sites for hydroxylation is 2. The number of carbonyl (C=O) groups is 1. The van der Waals surface area contributed by atoms with Gasteiger partial charge >= 0.3 is 0 Å². The maximum absolute atomic E-state index is 13.3. The topological polar surface area (TPSA) is 60.9 Å². The summed E-state index contributed by atoms with van der Waals surface area (Å²) in [6.07, 6.45) is 0.320. The van der Waals surface area contributed by atoms with E-state index in [1.54, 1.807) is 23.9 Å². The molecule has 0 spiro atoms. The minimum atomic E-state index is -0.608. The minimum absolute atomic E-state index is 0.320. The first-order valence-electron chi connectivity index (χ1n) is 7.72. The predicted octanol–water partition coefficient (Wildman–Crippen LogP) is 3.36. The largest absolute Gasteiger partial charge is 0.366 e. The van der Waals surface area contributed by atoms with Crippen LogP contribution in [0.25, 0.3) is 11.3 Å². The number of benzene rings is 2. The van der Waals surface area contributed by atoms with Gasteiger partial charge in [-0.3, -0.25) is 9.48 Å². The summed E-state index contributed by atoms with van der Waals surface area (Å²) in [5.41, 5.74) is 9.51. The van der Waals surface area contributed by atoms with E-state index in [2.05, 4.69) is 5.10 Å². The smallest absolute Gasteiger partial charge is 0.248 e. The van der Waals surface area contributed by atoms with Crippen molar-refractivity contribution in [3.63, 3.8) is 0 Å². The molecule has 2 N–H and O–H groups in total. The molecule has 0 atom stereocenters. The van der Waals surface area contributed by atoms with Crippen molar-refractivity contribution in [3.05, 3.63) is 76.5 Å². The second-order valence-corrected chi connectivity index (χ2v) is 5.99. The number of carbonyl (C=O) groups excluding carboxylic acids is 1. The number of hydrogen-bond donors (Lipinski definition) is 1. The quantitative estimate of drug-likeness (QED) is 0.791. The van der Waals surface area contributed by atoms with Crippen molar-refractivity contribution in [2.24, 2.45) is 12.8 Å². The molecule has 1 heterocycles. The Morgan fingerprint density at radius 3 is 2.40 bits per heavy atom. The van der Waals surface area contributed by atoms with E-state index in [1.165, 1.54) is 12.1 Å². The molecule has 6 heteroatoms. The second kappa shape index (κ2) is 6.47. The van der Waals surface area contributed by atoms with E-state index in [-0.39, 0.29) is 0 Å². The fraction of sp³-hybridized carbons (Fsp3) is 0.158. The highest BCUT2D eigenvalue weighted by molar-refractivity contribution is 5.94. The highest BCUT2D eigenvalue weighted by Crippen LogP contribution is 2.24. The van der Waals surface area contributed by atoms with Crippen molar-refractivity contribution in [3.8, 4) is 11.3 Å². The maximum atomic E-state index is 13.3. The zero-order valence-electron chi connectivity index (χ0n) is 13.9. The van der Waals surface area contributed by atoms with E-state index >= 15 is 0 Å². The Hall–Kier alpha value is -3.02. The van der Waals surface area contributed by atoms with Crippen molar-refractivity contribution in [2.45, 2.75) is 13.3 Å². The summed E-state index contributed by atoms with van der Waals surface area (Å²) in [7, 11) is 1.79. The van der Waals surface area contributed by atoms with Gasteiger partial charge < -0.3 is 5.73 Å². The first-order valence-corrected chi connectivity index (χ1v) is 7.72. The fourth-order valence-corrected chi connectivity index (χ4v) is 2.90. The van der Waals surface area contributed by atoms with E-state index in [0.717, 1.165) is 22.9 Å². The molecule has 0 aliphatic rings. The molecule has 1 amide bonds. The normalized spacial score (nSPS) is 10.9. The Morgan fingerprint density at radius 1 is 1.12 bits per heavy atom. The van der Waals surface area contributed by atoms with E-state index in [4.69, 9.17) is 5.73 Å². The first-order chi connectivity index (χ1) is 11.8. The van der Waals surface area contributed by atoms with Crippen LogP contribution in [0.15, 0.2) is 42.5 Å². The average Bonchev–Trinajstić information content (AvgIpc) is 2.86. The molecule has 0 saturated carbocycles. The van der Waals surface area contributed by atoms with Gasteiger partial charge in [-0.2, -0.15) is 5.10 Å². The zero-order valence-corrected chi connectivity index (χ0v) is 13.9. The molecule has 0 fully saturated rings. The van der Waals surface area contributed by atoms with Gasteiger partial charge in [0.25, 0.3) is 0 Å². The highest BCUT2D eigenvalue weighted by Gasteiger charge is 2.12. The molecule has 4 nitrogen and oxygen atoms in total. The van der Waals surface area contributed by atoms with Crippen LogP contribution in [0.5, 0.6) is 0 Å². The van der Waals surface area contributed by atoms with Gasteiger partial charge in [-0.05, 0) is 48.4 Å². The van der Waals surface area contributed by atoms with Gasteiger partial charge in [0, 0.05) is 30.7 Å². The van der Waals surface area contributed by atoms with Crippen LogP contribution < -0.4 is 5.73 Å². The molecule has 2 aromatic carbocycles. The van der Waals surface area contributed by atoms with Crippen molar-refractivity contribution >= 4 is 5.91 Å². The van der Waals surface area contributed by atoms with Gasteiger partial charge in [-0.1, -0.05) is 6.07 Å². The minimum Gasteiger partial charge on any atom is -0.366 e. The number of rotatable bonds is 4. The lowest BCUT2D eigenvalue weighted by Crippen LogP contribution is -2.12. The fourth-order valence-electron chi connectivity index (χ4n) is 2.90. The van der Waals surface area contributed by atoms with E-state index in [9.17, 15) is 13.6 Å². The maximum Gasteiger partial charge on any atom is 0.248 e. The Kier molecular flexibility index (Phi) is 4.35. The van der Waals surface area contributed by atoms with Crippen molar-refractivity contribution < 1.29 is 13.6 Å². The summed E-state index contributed by atoms with van der Waals surface area (Å²) in [6, 6.07) is 10.6. The van der Waals surface area contributed by atoms with Crippen LogP contribution in [-0.2, 0) is 13.5 Å². The summed E-state index contributed by atoms with van der Waals surface area (Å²) in [4.78, 5) is 11.3. The number of amides is 1. The average molecular weight is 341 g/mol. The molecule has 1 aromatic heterocycles. The van der Waals surface area contributed by atoms with Crippen molar-refractivity contribution in [1.82, 2.24) is 9.78 Å². The Balaban J connectivity index is 1.92. The van der Waals surface area contributed by atoms with Crippen LogP contribution in [0, 0.1) is 18.6 Å². The van der Waals surface area contributed by atoms with Crippen LogP contribution in [0.2, 0.25) is 0 Å². The summed E-state index contributed by atoms with van der Waals surface area (Å²) < 4.78 is 28.3. The molecule has 0 aliphatic carbocycles. The molecule has 0 radical (unpaired) electrons. The van der Waals surface area contributed by atoms with E-state index < -0.39 is 17.5 Å². The van der Waals surface area contributed by atoms with Crippen LogP contribution >= 0.6 is 0 Å². The number of hydrogen-bond acceptors (Lipinski definition) is 2. The number of aromatic nitrogens is 2. The van der Waals surface area contributed by atoms with E-state index in [1.807, 2.05) is 19.1 Å². The SMILES string of the molecule is Cc1cc(-c2cc(Cc3cc(F)cc(F)c3)nn2C)ccc1C(N)=O. The van der Waals surface area contributed by atoms with Crippen LogP contribution in [0.4, 0.5) is 8.78 Å². The Labute approximate surface area is 143 Å². The lowest BCUT2D eigenvalue weighted by Gasteiger charge is -2.06. The summed E-state index contributed by atoms with van der Waals surface area (Å²) in [5.74, 6) is -1.68. The van der Waals surface area contributed by atoms with Gasteiger partial charge in [0.2, 0.25) is 5.91 Å². The van der Waals surface area contributed by atoms with Gasteiger partial charge in [-0.15, -0.1) is 0 Å². The molecule has 0 saturated heterocycles.